The first-order valence-electron chi connectivity index (χ1n) is 4.28. The minimum Gasteiger partial charge on any atom is -0.298 e. The van der Waals surface area contributed by atoms with E-state index in [-0.39, 0.29) is 0 Å². The van der Waals surface area contributed by atoms with E-state index in [0.29, 0.717) is 0 Å². The molecule has 1 aromatic heterocycles. The van der Waals surface area contributed by atoms with Crippen molar-refractivity contribution >= 4 is 17.8 Å². The van der Waals surface area contributed by atoms with Crippen LogP contribution in [0.2, 0.25) is 0 Å². The number of hydrogen-bond donors (Lipinski definition) is 0. The summed E-state index contributed by atoms with van der Waals surface area (Å²) < 4.78 is 4.05. The van der Waals surface area contributed by atoms with E-state index in [1.807, 2.05) is 31.2 Å². The lowest BCUT2D eigenvalue weighted by Gasteiger charge is -2.02. The highest BCUT2D eigenvalue weighted by atomic mass is 32.1. The molecule has 0 saturated heterocycles. The maximum atomic E-state index is 10.5. The Morgan fingerprint density at radius 1 is 1.36 bits per heavy atom. The number of hydrogen-bond acceptors (Lipinski definition) is 3. The van der Waals surface area contributed by atoms with Crippen molar-refractivity contribution in [2.45, 2.75) is 6.92 Å². The number of aryl methyl sites for hydroxylation is 1. The summed E-state index contributed by atoms with van der Waals surface area (Å²) in [6.45, 7) is 2.00. The van der Waals surface area contributed by atoms with Crippen molar-refractivity contribution in [3.8, 4) is 10.4 Å². The molecule has 0 amide bonds. The Balaban J connectivity index is 2.51. The Bertz CT molecular complexity index is 448. The molecule has 0 unspecified atom stereocenters. The first kappa shape index (κ1) is 9.09. The third-order valence-corrected chi connectivity index (χ3v) is 2.87. The molecule has 1 heterocycles. The molecular weight excluding hydrogens is 194 g/mol. The number of carbonyl (C=O) groups is 1. The molecule has 0 bridgehead atoms. The van der Waals surface area contributed by atoms with E-state index in [2.05, 4.69) is 4.37 Å². The van der Waals surface area contributed by atoms with Crippen LogP contribution in [-0.4, -0.2) is 10.7 Å². The van der Waals surface area contributed by atoms with Crippen LogP contribution >= 0.6 is 11.5 Å². The molecule has 0 radical (unpaired) electrons. The highest BCUT2D eigenvalue weighted by Gasteiger charge is 2.03. The average Bonchev–Trinajstić information content (AvgIpc) is 2.70. The SMILES string of the molecule is Cc1cc(C=O)ccc1-c1ccns1. The Hall–Kier alpha value is -1.48. The molecule has 0 atom stereocenters. The molecule has 1 aromatic carbocycles. The lowest BCUT2D eigenvalue weighted by atomic mass is 10.0. The van der Waals surface area contributed by atoms with Gasteiger partial charge in [-0.25, -0.2) is 4.37 Å². The molecule has 2 aromatic rings. The second-order valence-electron chi connectivity index (χ2n) is 3.07. The molecule has 70 valence electrons. The minimum atomic E-state index is 0.718. The van der Waals surface area contributed by atoms with Crippen LogP contribution in [0.25, 0.3) is 10.4 Å². The predicted molar refractivity (Wildman–Crippen MR) is 57.7 cm³/mol. The fraction of sp³-hybridized carbons (Fsp3) is 0.0909. The molecule has 2 nitrogen and oxygen atoms in total. The number of rotatable bonds is 2. The van der Waals surface area contributed by atoms with Gasteiger partial charge in [0.1, 0.15) is 6.29 Å². The van der Waals surface area contributed by atoms with E-state index in [0.717, 1.165) is 27.9 Å². The summed E-state index contributed by atoms with van der Waals surface area (Å²) >= 11 is 1.47. The molecule has 14 heavy (non-hydrogen) atoms. The molecule has 2 rings (SSSR count). The summed E-state index contributed by atoms with van der Waals surface area (Å²) in [5, 5.41) is 0. The average molecular weight is 203 g/mol. The van der Waals surface area contributed by atoms with Crippen LogP contribution in [0.4, 0.5) is 0 Å². The van der Waals surface area contributed by atoms with Gasteiger partial charge in [0.2, 0.25) is 0 Å². The first-order chi connectivity index (χ1) is 6.81. The highest BCUT2D eigenvalue weighted by molar-refractivity contribution is 7.09. The summed E-state index contributed by atoms with van der Waals surface area (Å²) in [5.74, 6) is 0. The van der Waals surface area contributed by atoms with Crippen LogP contribution in [0.3, 0.4) is 0 Å². The van der Waals surface area contributed by atoms with E-state index in [9.17, 15) is 4.79 Å². The normalized spacial score (nSPS) is 10.1. The first-order valence-corrected chi connectivity index (χ1v) is 5.05. The largest absolute Gasteiger partial charge is 0.298 e. The summed E-state index contributed by atoms with van der Waals surface area (Å²) in [4.78, 5) is 11.7. The molecule has 0 aliphatic heterocycles. The Morgan fingerprint density at radius 3 is 2.79 bits per heavy atom. The second-order valence-corrected chi connectivity index (χ2v) is 3.90. The lowest BCUT2D eigenvalue weighted by Crippen LogP contribution is -1.84. The van der Waals surface area contributed by atoms with Crippen molar-refractivity contribution in [2.24, 2.45) is 0 Å². The number of benzene rings is 1. The molecule has 0 fully saturated rings. The van der Waals surface area contributed by atoms with Gasteiger partial charge in [-0.15, -0.1) is 0 Å². The van der Waals surface area contributed by atoms with Gasteiger partial charge in [0.15, 0.2) is 0 Å². The molecule has 0 saturated carbocycles. The van der Waals surface area contributed by atoms with Gasteiger partial charge < -0.3 is 0 Å². The zero-order valence-corrected chi connectivity index (χ0v) is 8.54. The fourth-order valence-corrected chi connectivity index (χ4v) is 2.08. The summed E-state index contributed by atoms with van der Waals surface area (Å²) in [7, 11) is 0. The Morgan fingerprint density at radius 2 is 2.21 bits per heavy atom. The van der Waals surface area contributed by atoms with Gasteiger partial charge in [0.05, 0.1) is 4.88 Å². The van der Waals surface area contributed by atoms with Gasteiger partial charge in [-0.2, -0.15) is 0 Å². The molecular formula is C11H9NOS. The van der Waals surface area contributed by atoms with Gasteiger partial charge >= 0.3 is 0 Å². The summed E-state index contributed by atoms with van der Waals surface area (Å²) in [5.41, 5.74) is 2.98. The highest BCUT2D eigenvalue weighted by Crippen LogP contribution is 2.26. The van der Waals surface area contributed by atoms with Crippen molar-refractivity contribution in [3.05, 3.63) is 41.6 Å². The predicted octanol–water partition coefficient (Wildman–Crippen LogP) is 2.93. The zero-order chi connectivity index (χ0) is 9.97. The number of nitrogens with zero attached hydrogens (tertiary/aromatic N) is 1. The van der Waals surface area contributed by atoms with Crippen LogP contribution in [0, 0.1) is 6.92 Å². The molecule has 0 N–H and O–H groups in total. The van der Waals surface area contributed by atoms with Crippen molar-refractivity contribution < 1.29 is 4.79 Å². The third-order valence-electron chi connectivity index (χ3n) is 2.09. The van der Waals surface area contributed by atoms with E-state index in [4.69, 9.17) is 0 Å². The maximum absolute atomic E-state index is 10.5. The third kappa shape index (κ3) is 1.59. The molecule has 0 spiro atoms. The number of aldehydes is 1. The number of aromatic nitrogens is 1. The Labute approximate surface area is 86.4 Å². The smallest absolute Gasteiger partial charge is 0.150 e. The summed E-state index contributed by atoms with van der Waals surface area (Å²) in [6.07, 6.45) is 2.65. The van der Waals surface area contributed by atoms with Gasteiger partial charge in [0.25, 0.3) is 0 Å². The molecule has 0 aliphatic carbocycles. The van der Waals surface area contributed by atoms with Gasteiger partial charge in [-0.3, -0.25) is 4.79 Å². The van der Waals surface area contributed by atoms with Crippen LogP contribution in [0.1, 0.15) is 15.9 Å². The van der Waals surface area contributed by atoms with Crippen molar-refractivity contribution in [3.63, 3.8) is 0 Å². The van der Waals surface area contributed by atoms with E-state index < -0.39 is 0 Å². The van der Waals surface area contributed by atoms with Gasteiger partial charge in [0, 0.05) is 11.8 Å². The number of carbonyl (C=O) groups excluding carboxylic acids is 1. The van der Waals surface area contributed by atoms with Crippen molar-refractivity contribution in [1.29, 1.82) is 0 Å². The monoisotopic (exact) mass is 203 g/mol. The van der Waals surface area contributed by atoms with Crippen LogP contribution in [0.5, 0.6) is 0 Å². The van der Waals surface area contributed by atoms with Crippen LogP contribution in [-0.2, 0) is 0 Å². The topological polar surface area (TPSA) is 30.0 Å². The van der Waals surface area contributed by atoms with Gasteiger partial charge in [-0.05, 0) is 41.7 Å². The molecule has 0 aliphatic rings. The van der Waals surface area contributed by atoms with Crippen LogP contribution in [0.15, 0.2) is 30.5 Å². The zero-order valence-electron chi connectivity index (χ0n) is 7.73. The van der Waals surface area contributed by atoms with E-state index in [1.54, 1.807) is 6.20 Å². The lowest BCUT2D eigenvalue weighted by molar-refractivity contribution is 0.112. The second kappa shape index (κ2) is 3.72. The minimum absolute atomic E-state index is 0.718. The van der Waals surface area contributed by atoms with E-state index >= 15 is 0 Å². The fourth-order valence-electron chi connectivity index (χ4n) is 1.39. The van der Waals surface area contributed by atoms with Crippen molar-refractivity contribution in [2.75, 3.05) is 0 Å². The quantitative estimate of drug-likeness (QED) is 0.702. The Kier molecular flexibility index (Phi) is 2.41. The summed E-state index contributed by atoms with van der Waals surface area (Å²) in [6, 6.07) is 7.66. The molecule has 3 heteroatoms. The van der Waals surface area contributed by atoms with Crippen LogP contribution < -0.4 is 0 Å². The van der Waals surface area contributed by atoms with E-state index in [1.165, 1.54) is 11.5 Å². The standard InChI is InChI=1S/C11H9NOS/c1-8-6-9(7-13)2-3-10(8)11-4-5-12-14-11/h2-7H,1H3. The van der Waals surface area contributed by atoms with Crippen molar-refractivity contribution in [1.82, 2.24) is 4.37 Å². The maximum Gasteiger partial charge on any atom is 0.150 e. The van der Waals surface area contributed by atoms with Gasteiger partial charge in [-0.1, -0.05) is 12.1 Å².